The second kappa shape index (κ2) is 8.03. The summed E-state index contributed by atoms with van der Waals surface area (Å²) in [6, 6.07) is 12.1. The molecule has 150 valence electrons. The fourth-order valence-corrected chi connectivity index (χ4v) is 3.79. The highest BCUT2D eigenvalue weighted by molar-refractivity contribution is 9.10. The Labute approximate surface area is 172 Å². The Kier molecular flexibility index (Phi) is 5.85. The SMILES string of the molecule is O=S(=O)(/N=C/c1cccc(-c2ccc(F)cc2)c1Br)c1ccc(C(F)(F)F)nc1. The monoisotopic (exact) mass is 486 g/mol. The third-order valence-corrected chi connectivity index (χ3v) is 5.94. The van der Waals surface area contributed by atoms with Gasteiger partial charge in [0.15, 0.2) is 0 Å². The number of hydrogen-bond donors (Lipinski definition) is 0. The van der Waals surface area contributed by atoms with E-state index < -0.39 is 26.8 Å². The van der Waals surface area contributed by atoms with Crippen molar-refractivity contribution < 1.29 is 26.0 Å². The Bertz CT molecular complexity index is 1160. The summed E-state index contributed by atoms with van der Waals surface area (Å²) in [6.07, 6.45) is -2.99. The largest absolute Gasteiger partial charge is 0.433 e. The van der Waals surface area contributed by atoms with E-state index in [2.05, 4.69) is 25.3 Å². The van der Waals surface area contributed by atoms with E-state index >= 15 is 0 Å². The third-order valence-electron chi connectivity index (χ3n) is 3.84. The molecule has 4 nitrogen and oxygen atoms in total. The van der Waals surface area contributed by atoms with E-state index in [0.29, 0.717) is 33.4 Å². The summed E-state index contributed by atoms with van der Waals surface area (Å²) in [7, 11) is -4.25. The van der Waals surface area contributed by atoms with E-state index in [4.69, 9.17) is 0 Å². The first-order valence-electron chi connectivity index (χ1n) is 7.96. The number of sulfonamides is 1. The molecule has 29 heavy (non-hydrogen) atoms. The van der Waals surface area contributed by atoms with Gasteiger partial charge >= 0.3 is 6.18 Å². The van der Waals surface area contributed by atoms with E-state index in [1.54, 1.807) is 30.3 Å². The summed E-state index contributed by atoms with van der Waals surface area (Å²) in [5.41, 5.74) is 0.594. The molecule has 0 saturated heterocycles. The highest BCUT2D eigenvalue weighted by atomic mass is 79.9. The molecule has 0 unspecified atom stereocenters. The average Bonchev–Trinajstić information content (AvgIpc) is 2.67. The molecule has 0 N–H and O–H groups in total. The van der Waals surface area contributed by atoms with Crippen LogP contribution in [0.4, 0.5) is 17.6 Å². The average molecular weight is 487 g/mol. The molecule has 0 amide bonds. The number of pyridine rings is 1. The molecule has 0 aliphatic heterocycles. The first kappa shape index (κ1) is 21.1. The van der Waals surface area contributed by atoms with Gasteiger partial charge in [-0.25, -0.2) is 4.39 Å². The lowest BCUT2D eigenvalue weighted by atomic mass is 10.0. The van der Waals surface area contributed by atoms with Gasteiger partial charge in [-0.3, -0.25) is 4.98 Å². The van der Waals surface area contributed by atoms with Crippen molar-refractivity contribution in [2.24, 2.45) is 4.40 Å². The van der Waals surface area contributed by atoms with Gasteiger partial charge in [0.2, 0.25) is 0 Å². The zero-order valence-corrected chi connectivity index (χ0v) is 16.8. The topological polar surface area (TPSA) is 59.4 Å². The molecule has 0 atom stereocenters. The van der Waals surface area contributed by atoms with Crippen LogP contribution in [0.15, 0.2) is 74.6 Å². The fourth-order valence-electron chi connectivity index (χ4n) is 2.39. The molecular formula is C19H11BrF4N2O2S. The molecule has 0 saturated carbocycles. The van der Waals surface area contributed by atoms with Crippen molar-refractivity contribution in [1.82, 2.24) is 4.98 Å². The molecule has 0 aliphatic carbocycles. The van der Waals surface area contributed by atoms with E-state index in [1.807, 2.05) is 0 Å². The minimum Gasteiger partial charge on any atom is -0.250 e. The van der Waals surface area contributed by atoms with Gasteiger partial charge in [-0.1, -0.05) is 30.3 Å². The molecule has 0 spiro atoms. The van der Waals surface area contributed by atoms with Crippen molar-refractivity contribution in [3.05, 3.63) is 82.3 Å². The third kappa shape index (κ3) is 4.88. The Morgan fingerprint density at radius 1 is 1.00 bits per heavy atom. The summed E-state index contributed by atoms with van der Waals surface area (Å²) < 4.78 is 79.5. The van der Waals surface area contributed by atoms with Crippen molar-refractivity contribution in [2.75, 3.05) is 0 Å². The van der Waals surface area contributed by atoms with Gasteiger partial charge in [-0.05, 0) is 51.3 Å². The van der Waals surface area contributed by atoms with Crippen LogP contribution in [0.5, 0.6) is 0 Å². The molecule has 0 aliphatic rings. The molecule has 0 bridgehead atoms. The van der Waals surface area contributed by atoms with Crippen LogP contribution < -0.4 is 0 Å². The molecule has 3 aromatic rings. The van der Waals surface area contributed by atoms with Crippen molar-refractivity contribution in [2.45, 2.75) is 11.1 Å². The van der Waals surface area contributed by atoms with Gasteiger partial charge in [0.1, 0.15) is 16.4 Å². The van der Waals surface area contributed by atoms with Crippen LogP contribution in [0.25, 0.3) is 11.1 Å². The predicted molar refractivity (Wildman–Crippen MR) is 104 cm³/mol. The minimum absolute atomic E-state index is 0.390. The van der Waals surface area contributed by atoms with Gasteiger partial charge in [0, 0.05) is 22.4 Å². The lowest BCUT2D eigenvalue weighted by molar-refractivity contribution is -0.141. The Morgan fingerprint density at radius 2 is 1.69 bits per heavy atom. The number of rotatable bonds is 4. The van der Waals surface area contributed by atoms with E-state index in [1.165, 1.54) is 12.1 Å². The van der Waals surface area contributed by atoms with Crippen LogP contribution in [0.2, 0.25) is 0 Å². The minimum atomic E-state index is -4.67. The van der Waals surface area contributed by atoms with Crippen LogP contribution in [0.1, 0.15) is 11.3 Å². The van der Waals surface area contributed by atoms with Gasteiger partial charge in [0.25, 0.3) is 10.0 Å². The van der Waals surface area contributed by atoms with E-state index in [0.717, 1.165) is 12.3 Å². The van der Waals surface area contributed by atoms with Crippen molar-refractivity contribution in [1.29, 1.82) is 0 Å². The molecule has 1 heterocycles. The second-order valence-electron chi connectivity index (χ2n) is 5.80. The smallest absolute Gasteiger partial charge is 0.250 e. The van der Waals surface area contributed by atoms with Gasteiger partial charge < -0.3 is 0 Å². The first-order chi connectivity index (χ1) is 13.6. The number of nitrogens with zero attached hydrogens (tertiary/aromatic N) is 2. The zero-order valence-electron chi connectivity index (χ0n) is 14.4. The second-order valence-corrected chi connectivity index (χ2v) is 8.23. The standard InChI is InChI=1S/C19H11BrF4N2O2S/c20-18-13(2-1-3-16(18)12-4-6-14(21)7-5-12)10-26-29(27,28)15-8-9-17(25-11-15)19(22,23)24/h1-11H/b26-10+. The molecule has 2 aromatic carbocycles. The van der Waals surface area contributed by atoms with Crippen molar-refractivity contribution in [3.8, 4) is 11.1 Å². The molecular weight excluding hydrogens is 476 g/mol. The van der Waals surface area contributed by atoms with Crippen molar-refractivity contribution >= 4 is 32.2 Å². The highest BCUT2D eigenvalue weighted by Gasteiger charge is 2.32. The molecule has 3 rings (SSSR count). The lowest BCUT2D eigenvalue weighted by Gasteiger charge is -2.08. The van der Waals surface area contributed by atoms with Crippen LogP contribution in [-0.2, 0) is 16.2 Å². The Balaban J connectivity index is 1.91. The number of benzene rings is 2. The summed E-state index contributed by atoms with van der Waals surface area (Å²) in [6.45, 7) is 0. The quantitative estimate of drug-likeness (QED) is 0.362. The molecule has 0 fully saturated rings. The molecule has 10 heteroatoms. The zero-order chi connectivity index (χ0) is 21.2. The number of alkyl halides is 3. The normalized spacial score (nSPS) is 12.4. The first-order valence-corrected chi connectivity index (χ1v) is 10.2. The lowest BCUT2D eigenvalue weighted by Crippen LogP contribution is -2.08. The van der Waals surface area contributed by atoms with E-state index in [-0.39, 0.29) is 5.82 Å². The summed E-state index contributed by atoms with van der Waals surface area (Å²) in [5.74, 6) is -0.390. The molecule has 1 aromatic heterocycles. The van der Waals surface area contributed by atoms with Crippen LogP contribution in [0, 0.1) is 5.82 Å². The number of aromatic nitrogens is 1. The highest BCUT2D eigenvalue weighted by Crippen LogP contribution is 2.31. The Morgan fingerprint density at radius 3 is 2.28 bits per heavy atom. The van der Waals surface area contributed by atoms with Gasteiger partial charge in [-0.2, -0.15) is 26.0 Å². The number of halogens is 5. The maximum atomic E-state index is 13.1. The summed E-state index contributed by atoms with van der Waals surface area (Å²) >= 11 is 3.37. The Hall–Kier alpha value is -2.59. The van der Waals surface area contributed by atoms with Crippen LogP contribution in [0.3, 0.4) is 0 Å². The van der Waals surface area contributed by atoms with Gasteiger partial charge in [-0.15, -0.1) is 0 Å². The van der Waals surface area contributed by atoms with Gasteiger partial charge in [0.05, 0.1) is 0 Å². The summed E-state index contributed by atoms with van der Waals surface area (Å²) in [4.78, 5) is 2.67. The van der Waals surface area contributed by atoms with Crippen LogP contribution >= 0.6 is 15.9 Å². The maximum absolute atomic E-state index is 13.1. The maximum Gasteiger partial charge on any atom is 0.433 e. The fraction of sp³-hybridized carbons (Fsp3) is 0.0526. The van der Waals surface area contributed by atoms with Crippen LogP contribution in [-0.4, -0.2) is 19.6 Å². The number of hydrogen-bond acceptors (Lipinski definition) is 3. The predicted octanol–water partition coefficient (Wildman–Crippen LogP) is 5.48. The van der Waals surface area contributed by atoms with E-state index in [9.17, 15) is 26.0 Å². The molecule has 0 radical (unpaired) electrons. The van der Waals surface area contributed by atoms with Crippen molar-refractivity contribution in [3.63, 3.8) is 0 Å². The summed E-state index contributed by atoms with van der Waals surface area (Å²) in [5, 5.41) is 0.